The van der Waals surface area contributed by atoms with Gasteiger partial charge in [-0.15, -0.1) is 0 Å². The van der Waals surface area contributed by atoms with Crippen LogP contribution in [-0.4, -0.2) is 24.7 Å². The third kappa shape index (κ3) is 4.07. The Labute approximate surface area is 146 Å². The lowest BCUT2D eigenvalue weighted by atomic mass is 10.1. The fourth-order valence-corrected chi connectivity index (χ4v) is 2.56. The van der Waals surface area contributed by atoms with E-state index in [0.717, 1.165) is 22.4 Å². The molecule has 0 atom stereocenters. The highest BCUT2D eigenvalue weighted by Crippen LogP contribution is 2.23. The Hall–Kier alpha value is -3.08. The van der Waals surface area contributed by atoms with Gasteiger partial charge in [-0.05, 0) is 31.0 Å². The van der Waals surface area contributed by atoms with E-state index in [1.54, 1.807) is 7.11 Å². The standard InChI is InChI=1S/C20H20N2O3/c1-14-6-8-16(9-7-14)19-18(13-22-25-19)20(23)21-11-10-15-4-3-5-17(12-15)24-2/h3-9,12-13H,10-11H2,1-2H3,(H,21,23). The summed E-state index contributed by atoms with van der Waals surface area (Å²) in [5, 5.41) is 6.69. The summed E-state index contributed by atoms with van der Waals surface area (Å²) in [5.74, 6) is 1.10. The van der Waals surface area contributed by atoms with E-state index in [9.17, 15) is 4.79 Å². The van der Waals surface area contributed by atoms with Crippen molar-refractivity contribution in [1.82, 2.24) is 10.5 Å². The molecule has 0 bridgehead atoms. The second kappa shape index (κ2) is 7.66. The van der Waals surface area contributed by atoms with Crippen molar-refractivity contribution in [3.8, 4) is 17.1 Å². The number of rotatable bonds is 6. The van der Waals surface area contributed by atoms with Crippen molar-refractivity contribution < 1.29 is 14.1 Å². The van der Waals surface area contributed by atoms with Crippen LogP contribution in [0.3, 0.4) is 0 Å². The predicted octanol–water partition coefficient (Wildman–Crippen LogP) is 3.63. The topological polar surface area (TPSA) is 64.4 Å². The summed E-state index contributed by atoms with van der Waals surface area (Å²) < 4.78 is 10.5. The van der Waals surface area contributed by atoms with Crippen LogP contribution < -0.4 is 10.1 Å². The lowest BCUT2D eigenvalue weighted by Crippen LogP contribution is -2.25. The molecule has 0 unspecified atom stereocenters. The summed E-state index contributed by atoms with van der Waals surface area (Å²) in [5.41, 5.74) is 3.52. The zero-order valence-corrected chi connectivity index (χ0v) is 14.3. The minimum atomic E-state index is -0.195. The molecule has 1 heterocycles. The minimum Gasteiger partial charge on any atom is -0.497 e. The number of aryl methyl sites for hydroxylation is 1. The molecule has 0 fully saturated rings. The highest BCUT2D eigenvalue weighted by Gasteiger charge is 2.17. The fraction of sp³-hybridized carbons (Fsp3) is 0.200. The Bertz CT molecular complexity index is 853. The van der Waals surface area contributed by atoms with Crippen molar-refractivity contribution in [2.75, 3.05) is 13.7 Å². The van der Waals surface area contributed by atoms with Crippen LogP contribution in [0, 0.1) is 6.92 Å². The molecule has 3 rings (SSSR count). The third-order valence-corrected chi connectivity index (χ3v) is 3.96. The Kier molecular flexibility index (Phi) is 5.14. The summed E-state index contributed by atoms with van der Waals surface area (Å²) in [4.78, 5) is 12.4. The van der Waals surface area contributed by atoms with Gasteiger partial charge in [0.25, 0.3) is 5.91 Å². The molecule has 5 nitrogen and oxygen atoms in total. The Balaban J connectivity index is 1.64. The normalized spacial score (nSPS) is 10.5. The molecule has 25 heavy (non-hydrogen) atoms. The molecule has 0 aliphatic rings. The van der Waals surface area contributed by atoms with Gasteiger partial charge in [-0.25, -0.2) is 0 Å². The maximum absolute atomic E-state index is 12.4. The van der Waals surface area contributed by atoms with Gasteiger partial charge in [0.15, 0.2) is 5.76 Å². The van der Waals surface area contributed by atoms with Crippen LogP contribution in [0.2, 0.25) is 0 Å². The van der Waals surface area contributed by atoms with Gasteiger partial charge >= 0.3 is 0 Å². The van der Waals surface area contributed by atoms with Crippen LogP contribution in [0.4, 0.5) is 0 Å². The van der Waals surface area contributed by atoms with E-state index >= 15 is 0 Å². The number of amides is 1. The number of nitrogens with one attached hydrogen (secondary N) is 1. The molecular formula is C20H20N2O3. The van der Waals surface area contributed by atoms with Gasteiger partial charge in [0.05, 0.1) is 13.3 Å². The van der Waals surface area contributed by atoms with Gasteiger partial charge in [-0.3, -0.25) is 4.79 Å². The van der Waals surface area contributed by atoms with Gasteiger partial charge in [0, 0.05) is 12.1 Å². The second-order valence-corrected chi connectivity index (χ2v) is 5.79. The first-order chi connectivity index (χ1) is 12.2. The van der Waals surface area contributed by atoms with Gasteiger partial charge in [-0.1, -0.05) is 47.1 Å². The van der Waals surface area contributed by atoms with Crippen molar-refractivity contribution in [2.45, 2.75) is 13.3 Å². The van der Waals surface area contributed by atoms with Crippen LogP contribution >= 0.6 is 0 Å². The summed E-state index contributed by atoms with van der Waals surface area (Å²) in [7, 11) is 1.64. The summed E-state index contributed by atoms with van der Waals surface area (Å²) in [6.45, 7) is 2.53. The molecule has 0 saturated carbocycles. The number of hydrogen-bond acceptors (Lipinski definition) is 4. The zero-order valence-electron chi connectivity index (χ0n) is 14.3. The fourth-order valence-electron chi connectivity index (χ4n) is 2.56. The average molecular weight is 336 g/mol. The van der Waals surface area contributed by atoms with Crippen LogP contribution in [-0.2, 0) is 6.42 Å². The number of hydrogen-bond donors (Lipinski definition) is 1. The van der Waals surface area contributed by atoms with Crippen LogP contribution in [0.15, 0.2) is 59.3 Å². The van der Waals surface area contributed by atoms with E-state index in [0.29, 0.717) is 24.3 Å². The monoisotopic (exact) mass is 336 g/mol. The Morgan fingerprint density at radius 1 is 1.20 bits per heavy atom. The first-order valence-corrected chi connectivity index (χ1v) is 8.10. The van der Waals surface area contributed by atoms with Crippen molar-refractivity contribution in [2.24, 2.45) is 0 Å². The number of carbonyl (C=O) groups is 1. The van der Waals surface area contributed by atoms with Gasteiger partial charge < -0.3 is 14.6 Å². The van der Waals surface area contributed by atoms with Gasteiger partial charge in [0.2, 0.25) is 0 Å². The molecule has 2 aromatic carbocycles. The summed E-state index contributed by atoms with van der Waals surface area (Å²) in [6, 6.07) is 15.6. The summed E-state index contributed by atoms with van der Waals surface area (Å²) in [6.07, 6.45) is 2.17. The van der Waals surface area contributed by atoms with Gasteiger partial charge in [-0.2, -0.15) is 0 Å². The molecule has 0 radical (unpaired) electrons. The Morgan fingerprint density at radius 3 is 2.76 bits per heavy atom. The average Bonchev–Trinajstić information content (AvgIpc) is 3.12. The molecule has 3 aromatic rings. The van der Waals surface area contributed by atoms with Crippen LogP contribution in [0.5, 0.6) is 5.75 Å². The smallest absolute Gasteiger partial charge is 0.256 e. The quantitative estimate of drug-likeness (QED) is 0.746. The number of methoxy groups -OCH3 is 1. The van der Waals surface area contributed by atoms with Crippen molar-refractivity contribution in [1.29, 1.82) is 0 Å². The first-order valence-electron chi connectivity index (χ1n) is 8.10. The number of carbonyl (C=O) groups excluding carboxylic acids is 1. The van der Waals surface area contributed by atoms with E-state index in [-0.39, 0.29) is 5.91 Å². The third-order valence-electron chi connectivity index (χ3n) is 3.96. The van der Waals surface area contributed by atoms with E-state index < -0.39 is 0 Å². The SMILES string of the molecule is COc1cccc(CCNC(=O)c2cnoc2-c2ccc(C)cc2)c1. The van der Waals surface area contributed by atoms with Crippen molar-refractivity contribution in [3.05, 3.63) is 71.4 Å². The molecule has 1 N–H and O–H groups in total. The minimum absolute atomic E-state index is 0.195. The largest absolute Gasteiger partial charge is 0.497 e. The second-order valence-electron chi connectivity index (χ2n) is 5.79. The molecule has 1 amide bonds. The molecule has 0 aliphatic carbocycles. The van der Waals surface area contributed by atoms with E-state index in [1.165, 1.54) is 6.20 Å². The molecule has 1 aromatic heterocycles. The molecule has 0 spiro atoms. The maximum Gasteiger partial charge on any atom is 0.256 e. The van der Waals surface area contributed by atoms with E-state index in [4.69, 9.17) is 9.26 Å². The molecule has 0 aliphatic heterocycles. The number of aromatic nitrogens is 1. The van der Waals surface area contributed by atoms with Crippen LogP contribution in [0.25, 0.3) is 11.3 Å². The van der Waals surface area contributed by atoms with E-state index in [2.05, 4.69) is 10.5 Å². The predicted molar refractivity (Wildman–Crippen MR) is 95.7 cm³/mol. The van der Waals surface area contributed by atoms with Crippen molar-refractivity contribution >= 4 is 5.91 Å². The van der Waals surface area contributed by atoms with Gasteiger partial charge in [0.1, 0.15) is 11.3 Å². The molecule has 5 heteroatoms. The molecule has 128 valence electrons. The highest BCUT2D eigenvalue weighted by molar-refractivity contribution is 5.99. The van der Waals surface area contributed by atoms with E-state index in [1.807, 2.05) is 55.5 Å². The highest BCUT2D eigenvalue weighted by atomic mass is 16.5. The van der Waals surface area contributed by atoms with Crippen LogP contribution in [0.1, 0.15) is 21.5 Å². The Morgan fingerprint density at radius 2 is 2.00 bits per heavy atom. The number of ether oxygens (including phenoxy) is 1. The molecule has 0 saturated heterocycles. The zero-order chi connectivity index (χ0) is 17.6. The lowest BCUT2D eigenvalue weighted by Gasteiger charge is -2.07. The first kappa shape index (κ1) is 16.8. The maximum atomic E-state index is 12.4. The summed E-state index contributed by atoms with van der Waals surface area (Å²) >= 11 is 0. The lowest BCUT2D eigenvalue weighted by molar-refractivity contribution is 0.0954. The number of benzene rings is 2. The van der Waals surface area contributed by atoms with Crippen molar-refractivity contribution in [3.63, 3.8) is 0 Å². The number of nitrogens with zero attached hydrogens (tertiary/aromatic N) is 1. The molecular weight excluding hydrogens is 316 g/mol.